The number of hydrogen-bond acceptors (Lipinski definition) is 3. The Bertz CT molecular complexity index is 417. The summed E-state index contributed by atoms with van der Waals surface area (Å²) < 4.78 is 5.44. The normalized spacial score (nSPS) is 16.6. The molecule has 2 N–H and O–H groups in total. The van der Waals surface area contributed by atoms with Gasteiger partial charge in [-0.2, -0.15) is 0 Å². The number of rotatable bonds is 2. The van der Waals surface area contributed by atoms with Crippen molar-refractivity contribution in [3.05, 3.63) is 28.8 Å². The summed E-state index contributed by atoms with van der Waals surface area (Å²) in [6, 6.07) is 5.61. The fourth-order valence-corrected chi connectivity index (χ4v) is 2.30. The zero-order valence-electron chi connectivity index (χ0n) is 9.49. The van der Waals surface area contributed by atoms with Gasteiger partial charge in [-0.05, 0) is 24.6 Å². The molecular formula is C12H15ClN2OS. The predicted octanol–water partition coefficient (Wildman–Crippen LogP) is 2.20. The van der Waals surface area contributed by atoms with Gasteiger partial charge in [0.25, 0.3) is 0 Å². The lowest BCUT2D eigenvalue weighted by Crippen LogP contribution is -2.28. The Hall–Kier alpha value is -0.840. The van der Waals surface area contributed by atoms with Crippen LogP contribution in [0.1, 0.15) is 12.0 Å². The summed E-state index contributed by atoms with van der Waals surface area (Å²) in [5.41, 5.74) is 7.63. The maximum Gasteiger partial charge on any atom is 0.106 e. The highest BCUT2D eigenvalue weighted by molar-refractivity contribution is 7.80. The van der Waals surface area contributed by atoms with E-state index in [9.17, 15) is 0 Å². The largest absolute Gasteiger partial charge is 0.389 e. The van der Waals surface area contributed by atoms with Gasteiger partial charge in [0.15, 0.2) is 0 Å². The van der Waals surface area contributed by atoms with E-state index in [-0.39, 0.29) is 0 Å². The lowest BCUT2D eigenvalue weighted by atomic mass is 10.1. The maximum atomic E-state index is 6.04. The first kappa shape index (κ1) is 12.6. The van der Waals surface area contributed by atoms with Crippen molar-refractivity contribution in [2.45, 2.75) is 6.42 Å². The van der Waals surface area contributed by atoms with E-state index in [0.29, 0.717) is 10.0 Å². The third kappa shape index (κ3) is 3.09. The second-order valence-electron chi connectivity index (χ2n) is 3.98. The molecule has 1 heterocycles. The Kier molecular flexibility index (Phi) is 4.20. The second kappa shape index (κ2) is 5.67. The number of halogens is 1. The number of nitrogens with zero attached hydrogens (tertiary/aromatic N) is 1. The van der Waals surface area contributed by atoms with Crippen molar-refractivity contribution in [1.29, 1.82) is 0 Å². The first-order valence-corrected chi connectivity index (χ1v) is 6.39. The van der Waals surface area contributed by atoms with Gasteiger partial charge in [0.05, 0.1) is 6.61 Å². The maximum absolute atomic E-state index is 6.04. The molecule has 0 radical (unpaired) electrons. The van der Waals surface area contributed by atoms with Crippen LogP contribution < -0.4 is 10.6 Å². The summed E-state index contributed by atoms with van der Waals surface area (Å²) in [5.74, 6) is 0. The van der Waals surface area contributed by atoms with Crippen LogP contribution in [-0.2, 0) is 4.74 Å². The van der Waals surface area contributed by atoms with Crippen molar-refractivity contribution in [3.63, 3.8) is 0 Å². The van der Waals surface area contributed by atoms with Crippen LogP contribution in [0.2, 0.25) is 5.02 Å². The lowest BCUT2D eigenvalue weighted by molar-refractivity contribution is 0.152. The number of ether oxygens (including phenoxy) is 1. The first-order valence-electron chi connectivity index (χ1n) is 5.60. The summed E-state index contributed by atoms with van der Waals surface area (Å²) in [5, 5.41) is 0.699. The zero-order chi connectivity index (χ0) is 12.3. The van der Waals surface area contributed by atoms with E-state index in [2.05, 4.69) is 4.90 Å². The van der Waals surface area contributed by atoms with Gasteiger partial charge in [-0.1, -0.05) is 23.8 Å². The number of anilines is 1. The van der Waals surface area contributed by atoms with Crippen molar-refractivity contribution in [2.24, 2.45) is 5.73 Å². The fourth-order valence-electron chi connectivity index (χ4n) is 1.96. The molecule has 1 fully saturated rings. The van der Waals surface area contributed by atoms with Crippen LogP contribution in [0.25, 0.3) is 0 Å². The summed E-state index contributed by atoms with van der Waals surface area (Å²) >= 11 is 11.1. The average Bonchev–Trinajstić information content (AvgIpc) is 2.56. The van der Waals surface area contributed by atoms with E-state index >= 15 is 0 Å². The Morgan fingerprint density at radius 1 is 1.35 bits per heavy atom. The summed E-state index contributed by atoms with van der Waals surface area (Å²) in [4.78, 5) is 2.63. The molecule has 0 bridgehead atoms. The van der Waals surface area contributed by atoms with Gasteiger partial charge in [0.1, 0.15) is 4.99 Å². The Morgan fingerprint density at radius 3 is 2.94 bits per heavy atom. The molecule has 0 aliphatic carbocycles. The highest BCUT2D eigenvalue weighted by atomic mass is 35.5. The molecule has 1 aliphatic rings. The molecule has 17 heavy (non-hydrogen) atoms. The smallest absolute Gasteiger partial charge is 0.106 e. The highest BCUT2D eigenvalue weighted by Gasteiger charge is 2.15. The van der Waals surface area contributed by atoms with E-state index < -0.39 is 0 Å². The van der Waals surface area contributed by atoms with Crippen molar-refractivity contribution < 1.29 is 4.74 Å². The second-order valence-corrected chi connectivity index (χ2v) is 4.85. The minimum absolute atomic E-state index is 0.404. The van der Waals surface area contributed by atoms with Crippen molar-refractivity contribution in [1.82, 2.24) is 0 Å². The van der Waals surface area contributed by atoms with E-state index in [0.717, 1.165) is 44.0 Å². The molecule has 1 aromatic rings. The molecule has 1 aromatic carbocycles. The standard InChI is InChI=1S/C12H15ClN2OS/c13-9-2-3-10(12(14)17)11(8-9)15-4-1-6-16-7-5-15/h2-3,8H,1,4-7H2,(H2,14,17). The zero-order valence-corrected chi connectivity index (χ0v) is 11.1. The first-order chi connectivity index (χ1) is 8.18. The minimum atomic E-state index is 0.404. The molecule has 2 rings (SSSR count). The molecule has 0 spiro atoms. The van der Waals surface area contributed by atoms with E-state index in [4.69, 9.17) is 34.3 Å². The fraction of sp³-hybridized carbons (Fsp3) is 0.417. The minimum Gasteiger partial charge on any atom is -0.389 e. The third-order valence-corrected chi connectivity index (χ3v) is 3.24. The van der Waals surface area contributed by atoms with Crippen LogP contribution in [-0.4, -0.2) is 31.3 Å². The van der Waals surface area contributed by atoms with Crippen LogP contribution >= 0.6 is 23.8 Å². The Labute approximate surface area is 111 Å². The highest BCUT2D eigenvalue weighted by Crippen LogP contribution is 2.25. The third-order valence-electron chi connectivity index (χ3n) is 2.79. The molecule has 1 saturated heterocycles. The summed E-state index contributed by atoms with van der Waals surface area (Å²) in [6.07, 6.45) is 1.00. The Morgan fingerprint density at radius 2 is 2.18 bits per heavy atom. The van der Waals surface area contributed by atoms with Crippen LogP contribution in [0.3, 0.4) is 0 Å². The number of benzene rings is 1. The van der Waals surface area contributed by atoms with Gasteiger partial charge in [0.2, 0.25) is 0 Å². The van der Waals surface area contributed by atoms with Crippen LogP contribution in [0.15, 0.2) is 18.2 Å². The van der Waals surface area contributed by atoms with E-state index in [1.165, 1.54) is 0 Å². The van der Waals surface area contributed by atoms with E-state index in [1.807, 2.05) is 18.2 Å². The lowest BCUT2D eigenvalue weighted by Gasteiger charge is -2.24. The van der Waals surface area contributed by atoms with Crippen molar-refractivity contribution in [2.75, 3.05) is 31.2 Å². The molecule has 1 aliphatic heterocycles. The molecule has 92 valence electrons. The summed E-state index contributed by atoms with van der Waals surface area (Å²) in [6.45, 7) is 3.31. The van der Waals surface area contributed by atoms with E-state index in [1.54, 1.807) is 0 Å². The van der Waals surface area contributed by atoms with Crippen molar-refractivity contribution in [3.8, 4) is 0 Å². The van der Waals surface area contributed by atoms with Gasteiger partial charge < -0.3 is 15.4 Å². The SMILES string of the molecule is NC(=S)c1ccc(Cl)cc1N1CCCOCC1. The molecule has 0 atom stereocenters. The predicted molar refractivity (Wildman–Crippen MR) is 75.0 cm³/mol. The van der Waals surface area contributed by atoms with Gasteiger partial charge in [-0.15, -0.1) is 0 Å². The number of hydrogen-bond donors (Lipinski definition) is 1. The monoisotopic (exact) mass is 270 g/mol. The van der Waals surface area contributed by atoms with Gasteiger partial charge in [0, 0.05) is 36.0 Å². The van der Waals surface area contributed by atoms with Crippen LogP contribution in [0, 0.1) is 0 Å². The molecule has 0 amide bonds. The van der Waals surface area contributed by atoms with Crippen molar-refractivity contribution >= 4 is 34.5 Å². The molecular weight excluding hydrogens is 256 g/mol. The molecule has 3 nitrogen and oxygen atoms in total. The van der Waals surface area contributed by atoms with Crippen LogP contribution in [0.4, 0.5) is 5.69 Å². The molecule has 0 saturated carbocycles. The topological polar surface area (TPSA) is 38.5 Å². The van der Waals surface area contributed by atoms with Crippen LogP contribution in [0.5, 0.6) is 0 Å². The molecule has 0 aromatic heterocycles. The van der Waals surface area contributed by atoms with Gasteiger partial charge in [-0.25, -0.2) is 0 Å². The van der Waals surface area contributed by atoms with Gasteiger partial charge >= 0.3 is 0 Å². The van der Waals surface area contributed by atoms with Gasteiger partial charge in [-0.3, -0.25) is 0 Å². The number of thiocarbonyl (C=S) groups is 1. The molecule has 5 heteroatoms. The molecule has 0 unspecified atom stereocenters. The Balaban J connectivity index is 2.34. The number of nitrogens with two attached hydrogens (primary N) is 1. The summed E-state index contributed by atoms with van der Waals surface area (Å²) in [7, 11) is 0. The average molecular weight is 271 g/mol. The quantitative estimate of drug-likeness (QED) is 0.837.